The third-order valence-electron chi connectivity index (χ3n) is 3.08. The summed E-state index contributed by atoms with van der Waals surface area (Å²) in [7, 11) is 1.62. The molecule has 5 heteroatoms. The molecule has 1 heterocycles. The van der Waals surface area contributed by atoms with Gasteiger partial charge in [0, 0.05) is 18.7 Å². The number of nitrogens with one attached hydrogen (secondary N) is 2. The Morgan fingerprint density at radius 1 is 1.40 bits per heavy atom. The van der Waals surface area contributed by atoms with Gasteiger partial charge in [-0.15, -0.1) is 0 Å². The topological polar surface area (TPSA) is 58.5 Å². The number of rotatable bonds is 5. The molecule has 20 heavy (non-hydrogen) atoms. The van der Waals surface area contributed by atoms with Crippen molar-refractivity contribution in [2.75, 3.05) is 13.7 Å². The van der Waals surface area contributed by atoms with Crippen LogP contribution in [-0.2, 0) is 6.54 Å². The molecule has 0 bridgehead atoms. The van der Waals surface area contributed by atoms with Gasteiger partial charge in [0.25, 0.3) is 0 Å². The van der Waals surface area contributed by atoms with Crippen LogP contribution in [0.3, 0.4) is 0 Å². The van der Waals surface area contributed by atoms with Gasteiger partial charge < -0.3 is 15.4 Å². The summed E-state index contributed by atoms with van der Waals surface area (Å²) >= 11 is 0. The number of guanidine groups is 1. The van der Waals surface area contributed by atoms with Crippen molar-refractivity contribution in [3.05, 3.63) is 36.0 Å². The van der Waals surface area contributed by atoms with Gasteiger partial charge in [0.15, 0.2) is 5.96 Å². The van der Waals surface area contributed by atoms with Gasteiger partial charge in [0.05, 0.1) is 19.3 Å². The molecule has 1 aromatic rings. The summed E-state index contributed by atoms with van der Waals surface area (Å²) in [4.78, 5) is 8.93. The van der Waals surface area contributed by atoms with Crippen LogP contribution in [0.25, 0.3) is 0 Å². The number of methoxy groups -OCH3 is 1. The predicted octanol–water partition coefficient (Wildman–Crippen LogP) is 1.86. The molecular weight excluding hydrogens is 252 g/mol. The molecule has 5 nitrogen and oxygen atoms in total. The first kappa shape index (κ1) is 14.4. The number of pyridine rings is 1. The second-order valence-electron chi connectivity index (χ2n) is 4.65. The second kappa shape index (κ2) is 7.53. The minimum Gasteiger partial charge on any atom is -0.481 e. The van der Waals surface area contributed by atoms with Gasteiger partial charge in [-0.25, -0.2) is 9.98 Å². The van der Waals surface area contributed by atoms with E-state index >= 15 is 0 Å². The molecule has 0 aromatic carbocycles. The molecule has 0 aliphatic heterocycles. The summed E-state index contributed by atoms with van der Waals surface area (Å²) in [5.74, 6) is 1.46. The maximum Gasteiger partial charge on any atom is 0.213 e. The maximum atomic E-state index is 5.12. The van der Waals surface area contributed by atoms with Crippen molar-refractivity contribution in [3.63, 3.8) is 0 Å². The monoisotopic (exact) mass is 274 g/mol. The van der Waals surface area contributed by atoms with Crippen LogP contribution in [0.4, 0.5) is 0 Å². The zero-order chi connectivity index (χ0) is 14.2. The van der Waals surface area contributed by atoms with Crippen LogP contribution in [0.5, 0.6) is 5.88 Å². The maximum absolute atomic E-state index is 5.12. The molecular formula is C15H22N4O. The van der Waals surface area contributed by atoms with Crippen molar-refractivity contribution >= 4 is 5.96 Å². The Morgan fingerprint density at radius 2 is 2.20 bits per heavy atom. The smallest absolute Gasteiger partial charge is 0.213 e. The van der Waals surface area contributed by atoms with Crippen LogP contribution >= 0.6 is 0 Å². The molecule has 1 aliphatic rings. The van der Waals surface area contributed by atoms with Gasteiger partial charge in [0.2, 0.25) is 5.88 Å². The van der Waals surface area contributed by atoms with E-state index in [1.165, 1.54) is 0 Å². The average molecular weight is 274 g/mol. The second-order valence-corrected chi connectivity index (χ2v) is 4.65. The Kier molecular flexibility index (Phi) is 5.41. The van der Waals surface area contributed by atoms with E-state index in [0.717, 1.165) is 31.0 Å². The van der Waals surface area contributed by atoms with Crippen LogP contribution < -0.4 is 15.4 Å². The molecule has 1 aliphatic carbocycles. The first-order chi connectivity index (χ1) is 9.81. The summed E-state index contributed by atoms with van der Waals surface area (Å²) in [5, 5.41) is 6.69. The summed E-state index contributed by atoms with van der Waals surface area (Å²) in [6.07, 6.45) is 6.51. The molecule has 0 saturated carbocycles. The van der Waals surface area contributed by atoms with Gasteiger partial charge in [-0.3, -0.25) is 0 Å². The number of ether oxygens (including phenoxy) is 1. The average Bonchev–Trinajstić information content (AvgIpc) is 2.98. The molecule has 2 N–H and O–H groups in total. The van der Waals surface area contributed by atoms with Gasteiger partial charge in [0.1, 0.15) is 0 Å². The molecule has 0 atom stereocenters. The number of aliphatic imine (C=N–C) groups is 1. The molecule has 0 unspecified atom stereocenters. The zero-order valence-electron chi connectivity index (χ0n) is 12.1. The molecule has 0 saturated heterocycles. The molecule has 0 fully saturated rings. The Bertz CT molecular complexity index is 477. The SMILES string of the molecule is CCNC(=NCc1cccc(OC)n1)NC1CC=CC1. The lowest BCUT2D eigenvalue weighted by Crippen LogP contribution is -2.42. The first-order valence-electron chi connectivity index (χ1n) is 7.01. The summed E-state index contributed by atoms with van der Waals surface area (Å²) in [6.45, 7) is 3.44. The summed E-state index contributed by atoms with van der Waals surface area (Å²) < 4.78 is 5.12. The van der Waals surface area contributed by atoms with E-state index in [2.05, 4.69) is 39.7 Å². The van der Waals surface area contributed by atoms with Crippen molar-refractivity contribution in [3.8, 4) is 5.88 Å². The fourth-order valence-electron chi connectivity index (χ4n) is 2.07. The van der Waals surface area contributed by atoms with Crippen LogP contribution in [0.2, 0.25) is 0 Å². The molecule has 2 rings (SSSR count). The normalized spacial score (nSPS) is 15.4. The van der Waals surface area contributed by atoms with Gasteiger partial charge in [-0.1, -0.05) is 18.2 Å². The van der Waals surface area contributed by atoms with E-state index in [4.69, 9.17) is 4.74 Å². The van der Waals surface area contributed by atoms with E-state index in [-0.39, 0.29) is 0 Å². The van der Waals surface area contributed by atoms with Gasteiger partial charge in [-0.2, -0.15) is 0 Å². The van der Waals surface area contributed by atoms with E-state index < -0.39 is 0 Å². The van der Waals surface area contributed by atoms with Crippen molar-refractivity contribution in [2.45, 2.75) is 32.4 Å². The highest BCUT2D eigenvalue weighted by Crippen LogP contribution is 2.09. The van der Waals surface area contributed by atoms with Crippen molar-refractivity contribution in [2.24, 2.45) is 4.99 Å². The van der Waals surface area contributed by atoms with Crippen molar-refractivity contribution in [1.82, 2.24) is 15.6 Å². The van der Waals surface area contributed by atoms with Crippen molar-refractivity contribution < 1.29 is 4.74 Å². The first-order valence-corrected chi connectivity index (χ1v) is 7.01. The van der Waals surface area contributed by atoms with E-state index in [0.29, 0.717) is 18.5 Å². The van der Waals surface area contributed by atoms with Crippen LogP contribution in [-0.4, -0.2) is 30.6 Å². The molecule has 1 aromatic heterocycles. The lowest BCUT2D eigenvalue weighted by atomic mass is 10.2. The Labute approximate surface area is 120 Å². The van der Waals surface area contributed by atoms with E-state index in [1.807, 2.05) is 18.2 Å². The summed E-state index contributed by atoms with van der Waals surface area (Å²) in [6, 6.07) is 6.16. The molecule has 0 spiro atoms. The minimum absolute atomic E-state index is 0.450. The Morgan fingerprint density at radius 3 is 2.90 bits per heavy atom. The van der Waals surface area contributed by atoms with Gasteiger partial charge >= 0.3 is 0 Å². The fraction of sp³-hybridized carbons (Fsp3) is 0.467. The van der Waals surface area contributed by atoms with Gasteiger partial charge in [-0.05, 0) is 25.8 Å². The van der Waals surface area contributed by atoms with Crippen LogP contribution in [0.15, 0.2) is 35.3 Å². The quantitative estimate of drug-likeness (QED) is 0.489. The van der Waals surface area contributed by atoms with Crippen LogP contribution in [0.1, 0.15) is 25.5 Å². The lowest BCUT2D eigenvalue weighted by Gasteiger charge is -2.16. The minimum atomic E-state index is 0.450. The predicted molar refractivity (Wildman–Crippen MR) is 80.9 cm³/mol. The Hall–Kier alpha value is -2.04. The summed E-state index contributed by atoms with van der Waals surface area (Å²) in [5.41, 5.74) is 0.895. The third kappa shape index (κ3) is 4.26. The number of hydrogen-bond donors (Lipinski definition) is 2. The molecule has 108 valence electrons. The fourth-order valence-corrected chi connectivity index (χ4v) is 2.07. The highest BCUT2D eigenvalue weighted by Gasteiger charge is 2.11. The van der Waals surface area contributed by atoms with Crippen LogP contribution in [0, 0.1) is 0 Å². The zero-order valence-corrected chi connectivity index (χ0v) is 12.1. The lowest BCUT2D eigenvalue weighted by molar-refractivity contribution is 0.396. The Balaban J connectivity index is 1.96. The number of aromatic nitrogens is 1. The number of hydrogen-bond acceptors (Lipinski definition) is 3. The highest BCUT2D eigenvalue weighted by molar-refractivity contribution is 5.80. The van der Waals surface area contributed by atoms with Crippen molar-refractivity contribution in [1.29, 1.82) is 0 Å². The largest absolute Gasteiger partial charge is 0.481 e. The van der Waals surface area contributed by atoms with E-state index in [1.54, 1.807) is 7.11 Å². The highest BCUT2D eigenvalue weighted by atomic mass is 16.5. The standard InChI is InChI=1S/C15H22N4O/c1-3-16-15(19-12-7-4-5-8-12)17-11-13-9-6-10-14(18-13)20-2/h4-6,9-10,12H,3,7-8,11H2,1-2H3,(H2,16,17,19). The molecule has 0 radical (unpaired) electrons. The number of nitrogens with zero attached hydrogens (tertiary/aromatic N) is 2. The third-order valence-corrected chi connectivity index (χ3v) is 3.08. The molecule has 0 amide bonds. The van der Waals surface area contributed by atoms with E-state index in [9.17, 15) is 0 Å².